The molecule has 0 saturated carbocycles. The van der Waals surface area contributed by atoms with E-state index in [0.717, 1.165) is 5.56 Å². The van der Waals surface area contributed by atoms with Gasteiger partial charge in [-0.1, -0.05) is 35.5 Å². The standard InChI is InChI=1S/C11H12N2O/c1-10(7-12)8-13-14-9-11-5-3-2-4-6-11/h2-6,8,10H,9H2,1H3/b13-8+. The van der Waals surface area contributed by atoms with Gasteiger partial charge in [0.2, 0.25) is 0 Å². The molecule has 0 aliphatic carbocycles. The van der Waals surface area contributed by atoms with E-state index in [0.29, 0.717) is 6.61 Å². The molecule has 1 aromatic carbocycles. The summed E-state index contributed by atoms with van der Waals surface area (Å²) in [7, 11) is 0. The average Bonchev–Trinajstić information content (AvgIpc) is 2.25. The van der Waals surface area contributed by atoms with E-state index < -0.39 is 0 Å². The lowest BCUT2D eigenvalue weighted by Crippen LogP contribution is -1.92. The normalized spacial score (nSPS) is 12.3. The highest BCUT2D eigenvalue weighted by molar-refractivity contribution is 5.62. The van der Waals surface area contributed by atoms with Gasteiger partial charge in [0.25, 0.3) is 0 Å². The number of rotatable bonds is 4. The summed E-state index contributed by atoms with van der Waals surface area (Å²) in [5.74, 6) is -0.203. The first-order valence-electron chi connectivity index (χ1n) is 4.42. The van der Waals surface area contributed by atoms with Crippen molar-refractivity contribution in [1.82, 2.24) is 0 Å². The van der Waals surface area contributed by atoms with Crippen LogP contribution in [-0.2, 0) is 11.4 Å². The Morgan fingerprint density at radius 2 is 2.21 bits per heavy atom. The van der Waals surface area contributed by atoms with Crippen molar-refractivity contribution < 1.29 is 4.84 Å². The summed E-state index contributed by atoms with van der Waals surface area (Å²) >= 11 is 0. The lowest BCUT2D eigenvalue weighted by molar-refractivity contribution is 0.131. The Hall–Kier alpha value is -1.82. The highest BCUT2D eigenvalue weighted by Gasteiger charge is 1.92. The van der Waals surface area contributed by atoms with E-state index in [1.165, 1.54) is 6.21 Å². The molecule has 1 atom stereocenters. The van der Waals surface area contributed by atoms with Crippen LogP contribution in [0.25, 0.3) is 0 Å². The van der Waals surface area contributed by atoms with Gasteiger partial charge < -0.3 is 4.84 Å². The molecule has 3 nitrogen and oxygen atoms in total. The topological polar surface area (TPSA) is 45.4 Å². The van der Waals surface area contributed by atoms with Gasteiger partial charge in [-0.2, -0.15) is 5.26 Å². The third-order valence-electron chi connectivity index (χ3n) is 1.64. The second-order valence-corrected chi connectivity index (χ2v) is 2.93. The quantitative estimate of drug-likeness (QED) is 0.537. The summed E-state index contributed by atoms with van der Waals surface area (Å²) < 4.78 is 0. The van der Waals surface area contributed by atoms with Crippen molar-refractivity contribution in [1.29, 1.82) is 5.26 Å². The maximum absolute atomic E-state index is 8.45. The summed E-state index contributed by atoms with van der Waals surface area (Å²) in [6.07, 6.45) is 1.49. The zero-order chi connectivity index (χ0) is 10.2. The van der Waals surface area contributed by atoms with Gasteiger partial charge in [-0.15, -0.1) is 0 Å². The fourth-order valence-corrected chi connectivity index (χ4v) is 0.854. The van der Waals surface area contributed by atoms with Crippen molar-refractivity contribution in [2.24, 2.45) is 11.1 Å². The van der Waals surface area contributed by atoms with Gasteiger partial charge in [0.1, 0.15) is 6.61 Å². The molecule has 0 bridgehead atoms. The van der Waals surface area contributed by atoms with Gasteiger partial charge in [-0.3, -0.25) is 0 Å². The number of hydrogen-bond acceptors (Lipinski definition) is 3. The summed E-state index contributed by atoms with van der Waals surface area (Å²) in [6, 6.07) is 11.8. The average molecular weight is 188 g/mol. The molecule has 0 aliphatic heterocycles. The third-order valence-corrected chi connectivity index (χ3v) is 1.64. The van der Waals surface area contributed by atoms with Gasteiger partial charge in [-0.05, 0) is 12.5 Å². The van der Waals surface area contributed by atoms with Crippen LogP contribution in [0.15, 0.2) is 35.5 Å². The van der Waals surface area contributed by atoms with Crippen molar-refractivity contribution >= 4 is 6.21 Å². The second kappa shape index (κ2) is 5.76. The largest absolute Gasteiger partial charge is 0.391 e. The molecule has 0 aromatic heterocycles. The van der Waals surface area contributed by atoms with Crippen LogP contribution >= 0.6 is 0 Å². The lowest BCUT2D eigenvalue weighted by atomic mass is 10.2. The smallest absolute Gasteiger partial charge is 0.142 e. The number of oxime groups is 1. The number of nitrogens with zero attached hydrogens (tertiary/aromatic N) is 2. The molecule has 1 unspecified atom stereocenters. The Morgan fingerprint density at radius 3 is 2.86 bits per heavy atom. The summed E-state index contributed by atoms with van der Waals surface area (Å²) in [5.41, 5.74) is 1.06. The summed E-state index contributed by atoms with van der Waals surface area (Å²) in [4.78, 5) is 5.01. The van der Waals surface area contributed by atoms with Crippen molar-refractivity contribution in [3.63, 3.8) is 0 Å². The lowest BCUT2D eigenvalue weighted by Gasteiger charge is -1.98. The van der Waals surface area contributed by atoms with E-state index >= 15 is 0 Å². The van der Waals surface area contributed by atoms with E-state index in [9.17, 15) is 0 Å². The molecule has 0 amide bonds. The number of nitriles is 1. The van der Waals surface area contributed by atoms with Crippen LogP contribution in [0.4, 0.5) is 0 Å². The van der Waals surface area contributed by atoms with Crippen molar-refractivity contribution in [2.45, 2.75) is 13.5 Å². The van der Waals surface area contributed by atoms with Crippen LogP contribution in [0.1, 0.15) is 12.5 Å². The Balaban J connectivity index is 2.30. The molecule has 0 fully saturated rings. The minimum absolute atomic E-state index is 0.203. The fraction of sp³-hybridized carbons (Fsp3) is 0.273. The van der Waals surface area contributed by atoms with Crippen molar-refractivity contribution in [2.75, 3.05) is 0 Å². The monoisotopic (exact) mass is 188 g/mol. The Bertz CT molecular complexity index is 327. The SMILES string of the molecule is CC(C#N)/C=N/OCc1ccccc1. The van der Waals surface area contributed by atoms with Gasteiger partial charge >= 0.3 is 0 Å². The molecule has 1 rings (SSSR count). The molecule has 0 saturated heterocycles. The highest BCUT2D eigenvalue weighted by Crippen LogP contribution is 2.00. The number of benzene rings is 1. The predicted molar refractivity (Wildman–Crippen MR) is 54.5 cm³/mol. The first-order chi connectivity index (χ1) is 6.83. The van der Waals surface area contributed by atoms with Crippen LogP contribution in [0.2, 0.25) is 0 Å². The summed E-state index contributed by atoms with van der Waals surface area (Å²) in [5, 5.41) is 12.1. The number of hydrogen-bond donors (Lipinski definition) is 0. The minimum atomic E-state index is -0.203. The van der Waals surface area contributed by atoms with E-state index in [1.807, 2.05) is 36.4 Å². The Kier molecular flexibility index (Phi) is 4.22. The van der Waals surface area contributed by atoms with E-state index in [4.69, 9.17) is 10.1 Å². The minimum Gasteiger partial charge on any atom is -0.391 e. The van der Waals surface area contributed by atoms with Gasteiger partial charge in [0, 0.05) is 0 Å². The molecule has 0 radical (unpaired) electrons. The maximum atomic E-state index is 8.45. The zero-order valence-corrected chi connectivity index (χ0v) is 8.05. The molecule has 0 spiro atoms. The molecule has 14 heavy (non-hydrogen) atoms. The zero-order valence-electron chi connectivity index (χ0n) is 8.05. The third kappa shape index (κ3) is 3.72. The van der Waals surface area contributed by atoms with E-state index in [-0.39, 0.29) is 5.92 Å². The first-order valence-corrected chi connectivity index (χ1v) is 4.42. The molecule has 1 aromatic rings. The maximum Gasteiger partial charge on any atom is 0.142 e. The van der Waals surface area contributed by atoms with Gasteiger partial charge in [-0.25, -0.2) is 0 Å². The van der Waals surface area contributed by atoms with Crippen LogP contribution in [-0.4, -0.2) is 6.21 Å². The van der Waals surface area contributed by atoms with Crippen molar-refractivity contribution in [3.05, 3.63) is 35.9 Å². The van der Waals surface area contributed by atoms with Crippen LogP contribution in [0.5, 0.6) is 0 Å². The van der Waals surface area contributed by atoms with Crippen LogP contribution in [0.3, 0.4) is 0 Å². The first kappa shape index (κ1) is 10.3. The van der Waals surface area contributed by atoms with Crippen LogP contribution in [0, 0.1) is 17.2 Å². The Labute approximate surface area is 83.6 Å². The van der Waals surface area contributed by atoms with E-state index in [1.54, 1.807) is 6.92 Å². The second-order valence-electron chi connectivity index (χ2n) is 2.93. The molecule has 0 aliphatic rings. The van der Waals surface area contributed by atoms with E-state index in [2.05, 4.69) is 5.16 Å². The Morgan fingerprint density at radius 1 is 1.50 bits per heavy atom. The molecule has 0 heterocycles. The molecule has 72 valence electrons. The molecular weight excluding hydrogens is 176 g/mol. The van der Waals surface area contributed by atoms with Crippen molar-refractivity contribution in [3.8, 4) is 6.07 Å². The summed E-state index contributed by atoms with van der Waals surface area (Å²) in [6.45, 7) is 2.20. The fourth-order valence-electron chi connectivity index (χ4n) is 0.854. The van der Waals surface area contributed by atoms with Gasteiger partial charge in [0.05, 0.1) is 18.2 Å². The van der Waals surface area contributed by atoms with Gasteiger partial charge in [0.15, 0.2) is 0 Å². The predicted octanol–water partition coefficient (Wildman–Crippen LogP) is 2.35. The molecule has 3 heteroatoms. The molecule has 0 N–H and O–H groups in total. The highest BCUT2D eigenvalue weighted by atomic mass is 16.6. The molecular formula is C11H12N2O. The van der Waals surface area contributed by atoms with Crippen LogP contribution < -0.4 is 0 Å².